The molecule has 0 fully saturated rings. The Kier molecular flexibility index (Phi) is 52.4. The van der Waals surface area contributed by atoms with Crippen LogP contribution in [0.2, 0.25) is 0 Å². The van der Waals surface area contributed by atoms with E-state index in [0.29, 0.717) is 0 Å². The molecule has 10 nitrogen and oxygen atoms in total. The minimum atomic E-state index is -4.20. The summed E-state index contributed by atoms with van der Waals surface area (Å²) in [5, 5.41) is 0. The molecule has 368 valence electrons. The van der Waals surface area contributed by atoms with Crippen molar-refractivity contribution in [2.75, 3.05) is 38.7 Å². The van der Waals surface area contributed by atoms with Crippen LogP contribution in [0, 0.1) is 0 Å². The van der Waals surface area contributed by atoms with Crippen molar-refractivity contribution in [2.24, 2.45) is 0 Å². The van der Waals surface area contributed by atoms with Crippen molar-refractivity contribution in [3.05, 3.63) is 24.3 Å². The van der Waals surface area contributed by atoms with E-state index in [0.717, 1.165) is 25.7 Å². The van der Waals surface area contributed by atoms with E-state index >= 15 is 0 Å². The van der Waals surface area contributed by atoms with Gasteiger partial charge in [0, 0.05) is 38.7 Å². The van der Waals surface area contributed by atoms with Crippen molar-refractivity contribution in [1.29, 1.82) is 0 Å². The zero-order valence-corrected chi connectivity index (χ0v) is 45.1. The molecule has 0 saturated carbocycles. The van der Waals surface area contributed by atoms with Crippen LogP contribution in [-0.4, -0.2) is 124 Å². The summed E-state index contributed by atoms with van der Waals surface area (Å²) < 4.78 is 63.4. The number of amides is 2. The number of hydrogen-bond donors (Lipinski definition) is 0. The van der Waals surface area contributed by atoms with E-state index in [1.165, 1.54) is 202 Å². The monoisotopic (exact) mass is 957 g/mol. The van der Waals surface area contributed by atoms with Gasteiger partial charge in [-0.1, -0.05) is 219 Å². The minimum absolute atomic E-state index is 0. The number of likely N-dealkylation sites (N-methyl/N-ethyl adjacent to an activating group) is 2. The van der Waals surface area contributed by atoms with Crippen molar-refractivity contribution < 1.29 is 35.5 Å². The number of rotatable bonds is 44. The Morgan fingerprint density at radius 3 is 0.794 bits per heavy atom. The first kappa shape index (κ1) is 66.8. The van der Waals surface area contributed by atoms with Gasteiger partial charge in [-0.25, -0.2) is 16.8 Å². The maximum atomic E-state index is 11.9. The van der Waals surface area contributed by atoms with Gasteiger partial charge in [-0.3, -0.25) is 9.59 Å². The fourth-order valence-electron chi connectivity index (χ4n) is 7.42. The van der Waals surface area contributed by atoms with Crippen molar-refractivity contribution in [1.82, 2.24) is 9.80 Å². The summed E-state index contributed by atoms with van der Waals surface area (Å²) in [5.41, 5.74) is 0. The van der Waals surface area contributed by atoms with E-state index in [-0.39, 0.29) is 75.5 Å². The van der Waals surface area contributed by atoms with E-state index in [9.17, 15) is 35.5 Å². The molecular formula is C50H96CaN2O8S2. The van der Waals surface area contributed by atoms with Crippen molar-refractivity contribution >= 4 is 69.8 Å². The second-order valence-electron chi connectivity index (χ2n) is 17.7. The summed E-state index contributed by atoms with van der Waals surface area (Å²) in [6, 6.07) is 0. The topological polar surface area (TPSA) is 155 Å². The SMILES string of the molecule is CCCCCCCCCCCCCCCCCC/C=C/C(=O)N(C)CCCS(=O)(=O)[O-].CCCCCCCCCCCCCCCCCC/C=C/C(=O)N(C)CCCS(=O)(=O)[O-].[Ca+2]. The van der Waals surface area contributed by atoms with E-state index in [1.54, 1.807) is 26.2 Å². The van der Waals surface area contributed by atoms with Crippen LogP contribution >= 0.6 is 0 Å². The summed E-state index contributed by atoms with van der Waals surface area (Å²) in [4.78, 5) is 26.7. The molecule has 0 aromatic carbocycles. The van der Waals surface area contributed by atoms with Gasteiger partial charge < -0.3 is 18.9 Å². The predicted octanol–water partition coefficient (Wildman–Crippen LogP) is 12.8. The molecule has 0 heterocycles. The second kappa shape index (κ2) is 49.4. The predicted molar refractivity (Wildman–Crippen MR) is 266 cm³/mol. The number of allylic oxidation sites excluding steroid dienone is 2. The molecule has 0 aliphatic heterocycles. The average Bonchev–Trinajstić information content (AvgIpc) is 3.21. The molecule has 0 saturated heterocycles. The van der Waals surface area contributed by atoms with Crippen LogP contribution in [0.1, 0.15) is 245 Å². The van der Waals surface area contributed by atoms with Crippen molar-refractivity contribution in [2.45, 2.75) is 245 Å². The summed E-state index contributed by atoms with van der Waals surface area (Å²) in [6.45, 7) is 5.10. The Morgan fingerprint density at radius 1 is 0.381 bits per heavy atom. The molecule has 63 heavy (non-hydrogen) atoms. The molecule has 0 atom stereocenters. The summed E-state index contributed by atoms with van der Waals surface area (Å²) >= 11 is 0. The molecule has 0 aromatic heterocycles. The van der Waals surface area contributed by atoms with Gasteiger partial charge in [-0.05, 0) is 50.7 Å². The molecule has 0 spiro atoms. The first-order chi connectivity index (χ1) is 29.7. The smallest absolute Gasteiger partial charge is 0.748 e. The van der Waals surface area contributed by atoms with Crippen LogP contribution in [0.25, 0.3) is 0 Å². The molecule has 13 heteroatoms. The summed E-state index contributed by atoms with van der Waals surface area (Å²) in [6.07, 6.45) is 52.3. The van der Waals surface area contributed by atoms with E-state index < -0.39 is 31.7 Å². The molecule has 0 bridgehead atoms. The molecule has 0 N–H and O–H groups in total. The maximum Gasteiger partial charge on any atom is 2.00 e. The largest absolute Gasteiger partial charge is 2.00 e. The first-order valence-electron chi connectivity index (χ1n) is 25.4. The fourth-order valence-corrected chi connectivity index (χ4v) is 8.39. The first-order valence-corrected chi connectivity index (χ1v) is 28.6. The zero-order chi connectivity index (χ0) is 46.4. The third kappa shape index (κ3) is 57.6. The molecule has 0 aromatic rings. The standard InChI is InChI=1S/2C25H49NO4S.Ca/c2*1-3-4-5-6-7-8-9-10-11-12-13-14-15-16-17-18-19-20-22-25(27)26(2)23-21-24-31(28,29)30;/h2*20,22H,3-19,21,23-24H2,1-2H3,(H,28,29,30);/q;;+2/p-2/b2*22-20+;. The van der Waals surface area contributed by atoms with Gasteiger partial charge in [0.15, 0.2) is 0 Å². The Morgan fingerprint density at radius 2 is 0.587 bits per heavy atom. The van der Waals surface area contributed by atoms with Gasteiger partial charge in [0.1, 0.15) is 0 Å². The molecular weight excluding hydrogens is 861 g/mol. The van der Waals surface area contributed by atoms with Crippen molar-refractivity contribution in [3.8, 4) is 0 Å². The number of hydrogen-bond acceptors (Lipinski definition) is 8. The third-order valence-corrected chi connectivity index (χ3v) is 13.1. The van der Waals surface area contributed by atoms with E-state index in [2.05, 4.69) is 13.8 Å². The van der Waals surface area contributed by atoms with Crippen LogP contribution in [0.3, 0.4) is 0 Å². The van der Waals surface area contributed by atoms with Gasteiger partial charge >= 0.3 is 37.7 Å². The maximum absolute atomic E-state index is 11.9. The number of carbonyl (C=O) groups excluding carboxylic acids is 2. The Bertz CT molecular complexity index is 1200. The quantitative estimate of drug-likeness (QED) is 0.0253. The summed E-state index contributed by atoms with van der Waals surface area (Å²) in [7, 11) is -5.15. The van der Waals surface area contributed by atoms with E-state index in [1.807, 2.05) is 12.2 Å². The summed E-state index contributed by atoms with van der Waals surface area (Å²) in [5.74, 6) is -1.12. The molecule has 2 amide bonds. The molecule has 0 aliphatic rings. The average molecular weight is 958 g/mol. The minimum Gasteiger partial charge on any atom is -0.748 e. The van der Waals surface area contributed by atoms with Gasteiger partial charge in [0.05, 0.1) is 20.2 Å². The van der Waals surface area contributed by atoms with Crippen molar-refractivity contribution in [3.63, 3.8) is 0 Å². The number of unbranched alkanes of at least 4 members (excludes halogenated alkanes) is 32. The van der Waals surface area contributed by atoms with Crippen LogP contribution < -0.4 is 0 Å². The van der Waals surface area contributed by atoms with Gasteiger partial charge in [0.25, 0.3) is 0 Å². The van der Waals surface area contributed by atoms with Gasteiger partial charge in [-0.15, -0.1) is 0 Å². The second-order valence-corrected chi connectivity index (χ2v) is 20.8. The Hall–Kier alpha value is -0.500. The van der Waals surface area contributed by atoms with Gasteiger partial charge in [0.2, 0.25) is 11.8 Å². The zero-order valence-electron chi connectivity index (χ0n) is 41.3. The van der Waals surface area contributed by atoms with Crippen LogP contribution in [0.15, 0.2) is 24.3 Å². The van der Waals surface area contributed by atoms with Gasteiger partial charge in [-0.2, -0.15) is 0 Å². The Balaban J connectivity index is -0.00000112. The van der Waals surface area contributed by atoms with Crippen LogP contribution in [-0.2, 0) is 29.8 Å². The molecule has 0 radical (unpaired) electrons. The van der Waals surface area contributed by atoms with Crippen LogP contribution in [0.5, 0.6) is 0 Å². The normalized spacial score (nSPS) is 11.8. The Labute approximate surface area is 419 Å². The number of nitrogens with zero attached hydrogens (tertiary/aromatic N) is 2. The molecule has 0 rings (SSSR count). The molecule has 0 unspecified atom stereocenters. The fraction of sp³-hybridized carbons (Fsp3) is 0.880. The van der Waals surface area contributed by atoms with E-state index in [4.69, 9.17) is 0 Å². The number of carbonyl (C=O) groups is 2. The van der Waals surface area contributed by atoms with Crippen LogP contribution in [0.4, 0.5) is 0 Å². The third-order valence-electron chi connectivity index (χ3n) is 11.5. The molecule has 0 aliphatic carbocycles.